The van der Waals surface area contributed by atoms with Gasteiger partial charge < -0.3 is 0 Å². The van der Waals surface area contributed by atoms with E-state index in [0.717, 1.165) is 11.2 Å². The second kappa shape index (κ2) is 4.06. The first-order valence-electron chi connectivity index (χ1n) is 3.88. The smallest absolute Gasteiger partial charge is 0.0709 e. The predicted octanol–water partition coefficient (Wildman–Crippen LogP) is 3.30. The van der Waals surface area contributed by atoms with Crippen LogP contribution >= 0.6 is 12.4 Å². The van der Waals surface area contributed by atoms with Gasteiger partial charge in [-0.3, -0.25) is 0 Å². The number of fused-ring (bicyclic) bond motifs is 1. The molecule has 0 spiro atoms. The van der Waals surface area contributed by atoms with Gasteiger partial charge in [-0.1, -0.05) is 30.8 Å². The van der Waals surface area contributed by atoms with Crippen LogP contribution in [0.15, 0.2) is 43.0 Å². The molecule has 0 aliphatic heterocycles. The van der Waals surface area contributed by atoms with Crippen molar-refractivity contribution in [2.75, 3.05) is 0 Å². The minimum Gasteiger partial charge on any atom is -0.248 e. The molecule has 0 bridgehead atoms. The van der Waals surface area contributed by atoms with Gasteiger partial charge in [-0.2, -0.15) is 0 Å². The van der Waals surface area contributed by atoms with E-state index in [-0.39, 0.29) is 12.4 Å². The van der Waals surface area contributed by atoms with Crippen LogP contribution in [0.5, 0.6) is 0 Å². The third-order valence-electron chi connectivity index (χ3n) is 1.83. The normalized spacial score (nSPS) is 9.23. The Balaban J connectivity index is 0.000000845. The molecule has 0 unspecified atom stereocenters. The fourth-order valence-electron chi connectivity index (χ4n) is 1.20. The molecule has 0 radical (unpaired) electrons. The fourth-order valence-corrected chi connectivity index (χ4v) is 1.20. The molecule has 0 fully saturated rings. The van der Waals surface area contributed by atoms with E-state index in [0.29, 0.717) is 0 Å². The Kier molecular flexibility index (Phi) is 3.04. The summed E-state index contributed by atoms with van der Waals surface area (Å²) < 4.78 is 0. The van der Waals surface area contributed by atoms with Crippen LogP contribution in [0.3, 0.4) is 0 Å². The molecular weight excluding hydrogens is 182 g/mol. The summed E-state index contributed by atoms with van der Waals surface area (Å²) in [6, 6.07) is 12.1. The number of nitrogens with zero attached hydrogens (tertiary/aromatic N) is 1. The van der Waals surface area contributed by atoms with Crippen molar-refractivity contribution >= 4 is 29.4 Å². The second-order valence-electron chi connectivity index (χ2n) is 2.63. The Labute approximate surface area is 83.5 Å². The summed E-state index contributed by atoms with van der Waals surface area (Å²) in [6.45, 7) is 3.68. The van der Waals surface area contributed by atoms with Gasteiger partial charge in [0.05, 0.1) is 11.2 Å². The quantitative estimate of drug-likeness (QED) is 0.674. The zero-order valence-electron chi connectivity index (χ0n) is 7.10. The molecule has 13 heavy (non-hydrogen) atoms. The average Bonchev–Trinajstić information content (AvgIpc) is 2.17. The summed E-state index contributed by atoms with van der Waals surface area (Å²) in [4.78, 5) is 4.38. The van der Waals surface area contributed by atoms with Crippen LogP contribution in [0.2, 0.25) is 0 Å². The Morgan fingerprint density at radius 3 is 2.62 bits per heavy atom. The summed E-state index contributed by atoms with van der Waals surface area (Å²) >= 11 is 0. The largest absolute Gasteiger partial charge is 0.248 e. The van der Waals surface area contributed by atoms with Crippen LogP contribution in [-0.2, 0) is 0 Å². The molecule has 1 nitrogen and oxygen atoms in total. The number of para-hydroxylation sites is 1. The molecule has 0 aliphatic rings. The third-order valence-corrected chi connectivity index (χ3v) is 1.83. The lowest BCUT2D eigenvalue weighted by atomic mass is 10.2. The van der Waals surface area contributed by atoms with Crippen LogP contribution in [0.4, 0.5) is 0 Å². The maximum absolute atomic E-state index is 4.38. The highest BCUT2D eigenvalue weighted by Crippen LogP contribution is 2.11. The van der Waals surface area contributed by atoms with Gasteiger partial charge in [0.2, 0.25) is 0 Å². The van der Waals surface area contributed by atoms with Gasteiger partial charge >= 0.3 is 0 Å². The van der Waals surface area contributed by atoms with E-state index in [1.165, 1.54) is 5.39 Å². The van der Waals surface area contributed by atoms with Gasteiger partial charge in [-0.15, -0.1) is 12.4 Å². The van der Waals surface area contributed by atoms with E-state index >= 15 is 0 Å². The zero-order chi connectivity index (χ0) is 8.39. The lowest BCUT2D eigenvalue weighted by Crippen LogP contribution is -1.81. The Hall–Kier alpha value is -1.34. The first-order chi connectivity index (χ1) is 5.90. The second-order valence-corrected chi connectivity index (χ2v) is 2.63. The highest BCUT2D eigenvalue weighted by Gasteiger charge is 1.92. The molecule has 0 amide bonds. The number of rotatable bonds is 1. The Morgan fingerprint density at radius 1 is 1.08 bits per heavy atom. The molecule has 0 saturated carbocycles. The van der Waals surface area contributed by atoms with Crippen LogP contribution in [0, 0.1) is 0 Å². The van der Waals surface area contributed by atoms with Crippen molar-refractivity contribution in [2.45, 2.75) is 0 Å². The molecule has 2 rings (SSSR count). The van der Waals surface area contributed by atoms with Crippen molar-refractivity contribution in [3.05, 3.63) is 48.7 Å². The van der Waals surface area contributed by atoms with Crippen LogP contribution in [-0.4, -0.2) is 4.98 Å². The monoisotopic (exact) mass is 191 g/mol. The molecule has 0 saturated heterocycles. The first kappa shape index (κ1) is 9.75. The summed E-state index contributed by atoms with van der Waals surface area (Å²) in [5, 5.41) is 1.17. The molecule has 0 atom stereocenters. The standard InChI is InChI=1S/C11H9N.ClH/c1-2-10-8-7-9-5-3-4-6-11(9)12-10;/h2-8H,1H2;1H. The van der Waals surface area contributed by atoms with Gasteiger partial charge in [0.1, 0.15) is 0 Å². The maximum Gasteiger partial charge on any atom is 0.0709 e. The first-order valence-corrected chi connectivity index (χ1v) is 3.88. The summed E-state index contributed by atoms with van der Waals surface area (Å²) in [6.07, 6.45) is 1.76. The van der Waals surface area contributed by atoms with E-state index in [1.807, 2.05) is 24.3 Å². The number of aromatic nitrogens is 1. The van der Waals surface area contributed by atoms with Crippen molar-refractivity contribution in [3.63, 3.8) is 0 Å². The van der Waals surface area contributed by atoms with Gasteiger partial charge in [-0.05, 0) is 18.2 Å². The maximum atomic E-state index is 4.38. The van der Waals surface area contributed by atoms with Gasteiger partial charge in [0, 0.05) is 5.39 Å². The van der Waals surface area contributed by atoms with Crippen molar-refractivity contribution in [2.24, 2.45) is 0 Å². The van der Waals surface area contributed by atoms with Crippen molar-refractivity contribution in [1.82, 2.24) is 4.98 Å². The number of pyridine rings is 1. The lowest BCUT2D eigenvalue weighted by Gasteiger charge is -1.96. The zero-order valence-corrected chi connectivity index (χ0v) is 7.92. The molecule has 2 heteroatoms. The lowest BCUT2D eigenvalue weighted by molar-refractivity contribution is 1.37. The van der Waals surface area contributed by atoms with Crippen LogP contribution < -0.4 is 0 Å². The number of hydrogen-bond donors (Lipinski definition) is 0. The molecule has 0 aliphatic carbocycles. The van der Waals surface area contributed by atoms with Crippen molar-refractivity contribution in [3.8, 4) is 0 Å². The Morgan fingerprint density at radius 2 is 1.85 bits per heavy atom. The van der Waals surface area contributed by atoms with Crippen LogP contribution in [0.25, 0.3) is 17.0 Å². The van der Waals surface area contributed by atoms with Gasteiger partial charge in [-0.25, -0.2) is 4.98 Å². The fraction of sp³-hybridized carbons (Fsp3) is 0. The van der Waals surface area contributed by atoms with E-state index in [1.54, 1.807) is 6.08 Å². The van der Waals surface area contributed by atoms with Crippen molar-refractivity contribution < 1.29 is 0 Å². The Bertz CT molecular complexity index is 423. The van der Waals surface area contributed by atoms with E-state index < -0.39 is 0 Å². The summed E-state index contributed by atoms with van der Waals surface area (Å²) in [5.74, 6) is 0. The summed E-state index contributed by atoms with van der Waals surface area (Å²) in [7, 11) is 0. The molecule has 0 N–H and O–H groups in total. The topological polar surface area (TPSA) is 12.9 Å². The van der Waals surface area contributed by atoms with E-state index in [9.17, 15) is 0 Å². The molecule has 66 valence electrons. The molecule has 2 aromatic rings. The van der Waals surface area contributed by atoms with Gasteiger partial charge in [0.15, 0.2) is 0 Å². The minimum absolute atomic E-state index is 0. The highest BCUT2D eigenvalue weighted by molar-refractivity contribution is 5.85. The molecule has 1 aromatic heterocycles. The van der Waals surface area contributed by atoms with Gasteiger partial charge in [0.25, 0.3) is 0 Å². The number of benzene rings is 1. The third kappa shape index (κ3) is 1.87. The minimum atomic E-state index is 0. The molecular formula is C11H10ClN. The molecule has 1 heterocycles. The van der Waals surface area contributed by atoms with Crippen LogP contribution in [0.1, 0.15) is 5.69 Å². The predicted molar refractivity (Wildman–Crippen MR) is 59.1 cm³/mol. The van der Waals surface area contributed by atoms with Crippen molar-refractivity contribution in [1.29, 1.82) is 0 Å². The van der Waals surface area contributed by atoms with E-state index in [2.05, 4.69) is 23.7 Å². The highest BCUT2D eigenvalue weighted by atomic mass is 35.5. The number of halogens is 1. The molecule has 1 aromatic carbocycles. The number of hydrogen-bond acceptors (Lipinski definition) is 1. The average molecular weight is 192 g/mol. The SMILES string of the molecule is C=Cc1ccc2ccccc2n1.Cl. The van der Waals surface area contributed by atoms with E-state index in [4.69, 9.17) is 0 Å². The summed E-state index contributed by atoms with van der Waals surface area (Å²) in [5.41, 5.74) is 1.95.